The molecule has 0 radical (unpaired) electrons. The quantitative estimate of drug-likeness (QED) is 0.165. The number of likely N-dealkylation sites (tertiary alicyclic amines) is 2. The lowest BCUT2D eigenvalue weighted by Crippen LogP contribution is -2.32. The Hall–Kier alpha value is -3.36. The second-order valence-electron chi connectivity index (χ2n) is 11.0. The number of oxime groups is 2. The van der Waals surface area contributed by atoms with E-state index in [9.17, 15) is 20.0 Å². The van der Waals surface area contributed by atoms with Gasteiger partial charge in [0.15, 0.2) is 0 Å². The Kier molecular flexibility index (Phi) is 8.84. The lowest BCUT2D eigenvalue weighted by molar-refractivity contribution is 0.105. The van der Waals surface area contributed by atoms with Gasteiger partial charge in [-0.25, -0.2) is 0 Å². The third-order valence-electron chi connectivity index (χ3n) is 8.40. The lowest BCUT2D eigenvalue weighted by Gasteiger charge is -2.26. The van der Waals surface area contributed by atoms with Crippen LogP contribution in [0.15, 0.2) is 46.7 Å². The van der Waals surface area contributed by atoms with Gasteiger partial charge in [0, 0.05) is 37.1 Å². The van der Waals surface area contributed by atoms with Gasteiger partial charge < -0.3 is 20.2 Å². The van der Waals surface area contributed by atoms with Crippen molar-refractivity contribution in [2.75, 3.05) is 39.3 Å². The number of nitrogens with zero attached hydrogens (tertiary/aromatic N) is 4. The van der Waals surface area contributed by atoms with Crippen molar-refractivity contribution in [1.82, 2.24) is 9.80 Å². The highest BCUT2D eigenvalue weighted by molar-refractivity contribution is 6.46. The molecule has 2 fully saturated rings. The summed E-state index contributed by atoms with van der Waals surface area (Å²) in [4.78, 5) is 30.9. The van der Waals surface area contributed by atoms with E-state index in [0.717, 1.165) is 61.5 Å². The molecule has 8 heteroatoms. The fourth-order valence-corrected chi connectivity index (χ4v) is 6.14. The molecule has 0 aromatic heterocycles. The van der Waals surface area contributed by atoms with Crippen LogP contribution in [-0.2, 0) is 6.42 Å². The predicted molar refractivity (Wildman–Crippen MR) is 152 cm³/mol. The van der Waals surface area contributed by atoms with Gasteiger partial charge >= 0.3 is 0 Å². The lowest BCUT2D eigenvalue weighted by atomic mass is 9.97. The van der Waals surface area contributed by atoms with E-state index in [1.807, 2.05) is 24.3 Å². The molecular formula is C31H38N4O4. The average Bonchev–Trinajstić information content (AvgIpc) is 3.35. The molecule has 0 atom stereocenters. The number of piperidine rings is 2. The largest absolute Gasteiger partial charge is 0.411 e. The van der Waals surface area contributed by atoms with Crippen LogP contribution in [0.4, 0.5) is 0 Å². The van der Waals surface area contributed by atoms with Crippen molar-refractivity contribution in [3.05, 3.63) is 58.7 Å². The second kappa shape index (κ2) is 12.7. The van der Waals surface area contributed by atoms with Crippen molar-refractivity contribution in [3.8, 4) is 11.1 Å². The molecule has 2 heterocycles. The fraction of sp³-hybridized carbons (Fsp3) is 0.484. The van der Waals surface area contributed by atoms with Crippen LogP contribution in [0.2, 0.25) is 0 Å². The first-order valence-electron chi connectivity index (χ1n) is 14.3. The van der Waals surface area contributed by atoms with E-state index < -0.39 is 0 Å². The molecule has 2 N–H and O–H groups in total. The molecule has 2 aliphatic heterocycles. The molecule has 0 spiro atoms. The van der Waals surface area contributed by atoms with Gasteiger partial charge in [-0.2, -0.15) is 0 Å². The van der Waals surface area contributed by atoms with Gasteiger partial charge in [-0.05, 0) is 92.7 Å². The maximum atomic E-state index is 13.2. The van der Waals surface area contributed by atoms with Crippen LogP contribution >= 0.6 is 0 Å². The molecule has 1 aliphatic carbocycles. The highest BCUT2D eigenvalue weighted by atomic mass is 16.4. The molecule has 2 aromatic rings. The van der Waals surface area contributed by atoms with Crippen LogP contribution < -0.4 is 0 Å². The number of ketones is 2. The van der Waals surface area contributed by atoms with Crippen molar-refractivity contribution in [2.45, 2.75) is 57.8 Å². The maximum absolute atomic E-state index is 13.2. The van der Waals surface area contributed by atoms with Crippen LogP contribution in [0.3, 0.4) is 0 Å². The van der Waals surface area contributed by atoms with E-state index in [2.05, 4.69) is 20.1 Å². The molecule has 206 valence electrons. The summed E-state index contributed by atoms with van der Waals surface area (Å²) in [7, 11) is 0. The summed E-state index contributed by atoms with van der Waals surface area (Å²) in [5.74, 6) is -0.497. The van der Waals surface area contributed by atoms with E-state index in [-0.39, 0.29) is 23.0 Å². The van der Waals surface area contributed by atoms with Gasteiger partial charge in [-0.15, -0.1) is 0 Å². The zero-order chi connectivity index (χ0) is 27.2. The Morgan fingerprint density at radius 1 is 0.641 bits per heavy atom. The number of Topliss-reactive ketones (excluding diaryl/α,β-unsaturated/α-hetero) is 2. The molecule has 39 heavy (non-hydrogen) atoms. The first-order valence-corrected chi connectivity index (χ1v) is 14.3. The third kappa shape index (κ3) is 6.28. The number of carbonyl (C=O) groups is 2. The minimum absolute atomic E-state index is 0.185. The molecule has 2 saturated heterocycles. The summed E-state index contributed by atoms with van der Waals surface area (Å²) < 4.78 is 0. The van der Waals surface area contributed by atoms with E-state index in [4.69, 9.17) is 0 Å². The molecule has 0 amide bonds. The van der Waals surface area contributed by atoms with Crippen molar-refractivity contribution in [2.24, 2.45) is 10.3 Å². The number of hydrogen-bond donors (Lipinski definition) is 2. The van der Waals surface area contributed by atoms with Gasteiger partial charge in [0.1, 0.15) is 11.4 Å². The normalized spacial score (nSPS) is 18.6. The number of hydrogen-bond acceptors (Lipinski definition) is 8. The Morgan fingerprint density at radius 2 is 1.05 bits per heavy atom. The highest BCUT2D eigenvalue weighted by Gasteiger charge is 2.25. The Balaban J connectivity index is 1.24. The Labute approximate surface area is 230 Å². The number of rotatable bonds is 10. The van der Waals surface area contributed by atoms with Gasteiger partial charge in [0.2, 0.25) is 11.6 Å². The van der Waals surface area contributed by atoms with Gasteiger partial charge in [-0.3, -0.25) is 9.59 Å². The smallest absolute Gasteiger partial charge is 0.210 e. The minimum atomic E-state index is -0.248. The van der Waals surface area contributed by atoms with Crippen LogP contribution in [0.1, 0.15) is 83.2 Å². The monoisotopic (exact) mass is 530 g/mol. The molecule has 3 aliphatic rings. The number of benzene rings is 2. The summed E-state index contributed by atoms with van der Waals surface area (Å²) in [5.41, 5.74) is 5.49. The van der Waals surface area contributed by atoms with Crippen LogP contribution in [-0.4, -0.2) is 82.5 Å². The molecular weight excluding hydrogens is 492 g/mol. The standard InChI is InChI=1S/C31H38N4O4/c36-30(28(32-38)11-17-34-13-3-1-4-14-34)22-7-9-26-24(19-22)21-25-20-23(8-10-27(25)26)31(37)29(33-39)12-18-35-15-5-2-6-16-35/h7-10,19-20,38-39H,1-6,11-18,21H2/b32-28-,33-29-. The zero-order valence-corrected chi connectivity index (χ0v) is 22.6. The molecule has 0 unspecified atom stereocenters. The van der Waals surface area contributed by atoms with Gasteiger partial charge in [0.05, 0.1) is 0 Å². The Morgan fingerprint density at radius 3 is 1.44 bits per heavy atom. The summed E-state index contributed by atoms with van der Waals surface area (Å²) in [6.07, 6.45) is 8.63. The highest BCUT2D eigenvalue weighted by Crippen LogP contribution is 2.37. The number of fused-ring (bicyclic) bond motifs is 3. The van der Waals surface area contributed by atoms with Crippen molar-refractivity contribution in [1.29, 1.82) is 0 Å². The number of carbonyl (C=O) groups excluding carboxylic acids is 2. The minimum Gasteiger partial charge on any atom is -0.411 e. The average molecular weight is 531 g/mol. The van der Waals surface area contributed by atoms with Gasteiger partial charge in [-0.1, -0.05) is 47.4 Å². The maximum Gasteiger partial charge on any atom is 0.210 e. The second-order valence-corrected chi connectivity index (χ2v) is 11.0. The summed E-state index contributed by atoms with van der Waals surface area (Å²) in [5, 5.41) is 25.8. The van der Waals surface area contributed by atoms with E-state index in [0.29, 0.717) is 30.4 Å². The van der Waals surface area contributed by atoms with Gasteiger partial charge in [0.25, 0.3) is 0 Å². The molecule has 0 bridgehead atoms. The molecule has 5 rings (SSSR count). The fourth-order valence-electron chi connectivity index (χ4n) is 6.14. The summed E-state index contributed by atoms with van der Waals surface area (Å²) >= 11 is 0. The third-order valence-corrected chi connectivity index (χ3v) is 8.40. The molecule has 2 aromatic carbocycles. The van der Waals surface area contributed by atoms with Crippen molar-refractivity contribution < 1.29 is 20.0 Å². The first-order chi connectivity index (χ1) is 19.1. The van der Waals surface area contributed by atoms with E-state index in [1.165, 1.54) is 38.5 Å². The molecule has 8 nitrogen and oxygen atoms in total. The summed E-state index contributed by atoms with van der Waals surface area (Å²) in [6, 6.07) is 11.2. The predicted octanol–water partition coefficient (Wildman–Crippen LogP) is 5.04. The van der Waals surface area contributed by atoms with Crippen molar-refractivity contribution in [3.63, 3.8) is 0 Å². The van der Waals surface area contributed by atoms with E-state index in [1.54, 1.807) is 12.1 Å². The summed E-state index contributed by atoms with van der Waals surface area (Å²) in [6.45, 7) is 5.54. The van der Waals surface area contributed by atoms with Crippen molar-refractivity contribution >= 4 is 23.0 Å². The van der Waals surface area contributed by atoms with E-state index >= 15 is 0 Å². The topological polar surface area (TPSA) is 106 Å². The molecule has 0 saturated carbocycles. The Bertz CT molecular complexity index is 1180. The first kappa shape index (κ1) is 27.2. The van der Waals surface area contributed by atoms with Crippen LogP contribution in [0.25, 0.3) is 11.1 Å². The SMILES string of the molecule is O=C(/C(CCN1CCCCC1)=N\O)c1ccc2c(c1)Cc1cc(C(=O)/C(CCN3CCCCC3)=N\O)ccc1-2. The van der Waals surface area contributed by atoms with Crippen LogP contribution in [0, 0.1) is 0 Å². The zero-order valence-electron chi connectivity index (χ0n) is 22.6. The van der Waals surface area contributed by atoms with Crippen LogP contribution in [0.5, 0.6) is 0 Å².